The minimum Gasteiger partial charge on any atom is -0.361 e. The summed E-state index contributed by atoms with van der Waals surface area (Å²) in [5.41, 5.74) is 2.72. The third-order valence-corrected chi connectivity index (χ3v) is 3.11. The van der Waals surface area contributed by atoms with E-state index in [0.717, 1.165) is 13.1 Å². The summed E-state index contributed by atoms with van der Waals surface area (Å²) in [5, 5.41) is 4.71. The highest BCUT2D eigenvalue weighted by Crippen LogP contribution is 2.25. The van der Waals surface area contributed by atoms with Gasteiger partial charge in [-0.05, 0) is 42.0 Å². The van der Waals surface area contributed by atoms with Crippen LogP contribution >= 0.6 is 0 Å². The number of aromatic nitrogens is 1. The van der Waals surface area contributed by atoms with Crippen LogP contribution < -0.4 is 5.32 Å². The first-order chi connectivity index (χ1) is 6.93. The van der Waals surface area contributed by atoms with E-state index < -0.39 is 0 Å². The SMILES string of the molecule is c1cc2ccc(C3CCNC3)cc2[nH]1. The van der Waals surface area contributed by atoms with Crippen LogP contribution in [0.1, 0.15) is 17.9 Å². The standard InChI is InChI=1S/C12H14N2/c1-2-10(11-3-5-13-8-11)7-12-9(1)4-6-14-12/h1-2,4,6-7,11,13-14H,3,5,8H2. The Morgan fingerprint density at radius 2 is 2.21 bits per heavy atom. The van der Waals surface area contributed by atoms with Gasteiger partial charge >= 0.3 is 0 Å². The fraction of sp³-hybridized carbons (Fsp3) is 0.333. The molecule has 1 fully saturated rings. The van der Waals surface area contributed by atoms with Crippen LogP contribution in [0.25, 0.3) is 10.9 Å². The quantitative estimate of drug-likeness (QED) is 0.702. The minimum absolute atomic E-state index is 0.711. The molecule has 1 aromatic heterocycles. The molecule has 14 heavy (non-hydrogen) atoms. The Balaban J connectivity index is 2.04. The molecule has 2 N–H and O–H groups in total. The summed E-state index contributed by atoms with van der Waals surface area (Å²) in [7, 11) is 0. The van der Waals surface area contributed by atoms with Crippen molar-refractivity contribution >= 4 is 10.9 Å². The molecule has 3 rings (SSSR count). The van der Waals surface area contributed by atoms with Gasteiger partial charge in [0.25, 0.3) is 0 Å². The predicted molar refractivity (Wildman–Crippen MR) is 58.5 cm³/mol. The maximum atomic E-state index is 3.40. The van der Waals surface area contributed by atoms with Crippen molar-refractivity contribution in [1.29, 1.82) is 0 Å². The molecule has 1 aliphatic rings. The maximum absolute atomic E-state index is 3.40. The van der Waals surface area contributed by atoms with E-state index in [4.69, 9.17) is 0 Å². The van der Waals surface area contributed by atoms with Gasteiger partial charge in [-0.15, -0.1) is 0 Å². The Kier molecular flexibility index (Phi) is 1.81. The minimum atomic E-state index is 0.711. The first-order valence-electron chi connectivity index (χ1n) is 5.21. The zero-order valence-corrected chi connectivity index (χ0v) is 8.09. The molecule has 2 heteroatoms. The van der Waals surface area contributed by atoms with E-state index in [0.29, 0.717) is 5.92 Å². The fourth-order valence-electron chi connectivity index (χ4n) is 2.26. The molecule has 1 atom stereocenters. The average molecular weight is 186 g/mol. The van der Waals surface area contributed by atoms with E-state index in [2.05, 4.69) is 34.6 Å². The first-order valence-corrected chi connectivity index (χ1v) is 5.21. The van der Waals surface area contributed by atoms with Gasteiger partial charge in [0.1, 0.15) is 0 Å². The van der Waals surface area contributed by atoms with Crippen molar-refractivity contribution in [2.24, 2.45) is 0 Å². The van der Waals surface area contributed by atoms with E-state index in [1.807, 2.05) is 6.20 Å². The van der Waals surface area contributed by atoms with Gasteiger partial charge in [-0.1, -0.05) is 12.1 Å². The maximum Gasteiger partial charge on any atom is 0.0456 e. The van der Waals surface area contributed by atoms with E-state index in [9.17, 15) is 0 Å². The Bertz CT molecular complexity index is 438. The first kappa shape index (κ1) is 8.06. The Hall–Kier alpha value is -1.28. The van der Waals surface area contributed by atoms with Gasteiger partial charge in [0.05, 0.1) is 0 Å². The molecule has 2 heterocycles. The van der Waals surface area contributed by atoms with Gasteiger partial charge in [-0.25, -0.2) is 0 Å². The molecule has 2 nitrogen and oxygen atoms in total. The van der Waals surface area contributed by atoms with Crippen LogP contribution in [0.2, 0.25) is 0 Å². The van der Waals surface area contributed by atoms with Gasteiger partial charge < -0.3 is 10.3 Å². The second-order valence-electron chi connectivity index (χ2n) is 4.01. The van der Waals surface area contributed by atoms with Gasteiger partial charge in [-0.3, -0.25) is 0 Å². The molecule has 0 spiro atoms. The van der Waals surface area contributed by atoms with Crippen LogP contribution in [0.4, 0.5) is 0 Å². The molecule has 1 aromatic carbocycles. The average Bonchev–Trinajstić information content (AvgIpc) is 2.88. The third kappa shape index (κ3) is 1.23. The van der Waals surface area contributed by atoms with E-state index >= 15 is 0 Å². The van der Waals surface area contributed by atoms with Crippen LogP contribution in [-0.2, 0) is 0 Å². The van der Waals surface area contributed by atoms with E-state index in [1.54, 1.807) is 0 Å². The van der Waals surface area contributed by atoms with Crippen LogP contribution in [0.15, 0.2) is 30.5 Å². The molecule has 1 aliphatic heterocycles. The summed E-state index contributed by atoms with van der Waals surface area (Å²) in [6.07, 6.45) is 3.27. The number of hydrogen-bond donors (Lipinski definition) is 2. The van der Waals surface area contributed by atoms with Crippen LogP contribution in [0.5, 0.6) is 0 Å². The number of aromatic amines is 1. The zero-order valence-electron chi connectivity index (χ0n) is 8.09. The highest BCUT2D eigenvalue weighted by Gasteiger charge is 2.16. The van der Waals surface area contributed by atoms with Gasteiger partial charge in [0.15, 0.2) is 0 Å². The van der Waals surface area contributed by atoms with Crippen LogP contribution in [0.3, 0.4) is 0 Å². The number of fused-ring (bicyclic) bond motifs is 1. The monoisotopic (exact) mass is 186 g/mol. The molecule has 0 bridgehead atoms. The molecule has 2 aromatic rings. The summed E-state index contributed by atoms with van der Waals surface area (Å²) in [6, 6.07) is 8.87. The van der Waals surface area contributed by atoms with E-state index in [1.165, 1.54) is 22.9 Å². The summed E-state index contributed by atoms with van der Waals surface area (Å²) in [4.78, 5) is 3.26. The summed E-state index contributed by atoms with van der Waals surface area (Å²) in [5.74, 6) is 0.711. The van der Waals surface area contributed by atoms with Crippen molar-refractivity contribution in [3.63, 3.8) is 0 Å². The Morgan fingerprint density at radius 1 is 1.21 bits per heavy atom. The number of rotatable bonds is 1. The number of benzene rings is 1. The molecular weight excluding hydrogens is 172 g/mol. The lowest BCUT2D eigenvalue weighted by Gasteiger charge is -2.08. The zero-order chi connectivity index (χ0) is 9.38. The highest BCUT2D eigenvalue weighted by molar-refractivity contribution is 5.80. The highest BCUT2D eigenvalue weighted by atomic mass is 14.9. The summed E-state index contributed by atoms with van der Waals surface area (Å²) in [6.45, 7) is 2.29. The summed E-state index contributed by atoms with van der Waals surface area (Å²) >= 11 is 0. The number of hydrogen-bond acceptors (Lipinski definition) is 1. The Labute approximate surface area is 83.3 Å². The topological polar surface area (TPSA) is 27.8 Å². The molecule has 72 valence electrons. The lowest BCUT2D eigenvalue weighted by atomic mass is 9.98. The van der Waals surface area contributed by atoms with E-state index in [-0.39, 0.29) is 0 Å². The molecule has 0 saturated carbocycles. The van der Waals surface area contributed by atoms with Crippen LogP contribution in [0, 0.1) is 0 Å². The number of H-pyrrole nitrogens is 1. The lowest BCUT2D eigenvalue weighted by molar-refractivity contribution is 0.764. The predicted octanol–water partition coefficient (Wildman–Crippen LogP) is 2.24. The van der Waals surface area contributed by atoms with Crippen molar-refractivity contribution in [1.82, 2.24) is 10.3 Å². The Morgan fingerprint density at radius 3 is 3.07 bits per heavy atom. The van der Waals surface area contributed by atoms with Gasteiger partial charge in [0, 0.05) is 18.3 Å². The van der Waals surface area contributed by atoms with Crippen molar-refractivity contribution in [2.75, 3.05) is 13.1 Å². The van der Waals surface area contributed by atoms with Crippen LogP contribution in [-0.4, -0.2) is 18.1 Å². The smallest absolute Gasteiger partial charge is 0.0456 e. The second kappa shape index (κ2) is 3.14. The molecule has 0 amide bonds. The third-order valence-electron chi connectivity index (χ3n) is 3.11. The molecular formula is C12H14N2. The normalized spacial score (nSPS) is 21.9. The largest absolute Gasteiger partial charge is 0.361 e. The fourth-order valence-corrected chi connectivity index (χ4v) is 2.26. The summed E-state index contributed by atoms with van der Waals surface area (Å²) < 4.78 is 0. The molecule has 0 radical (unpaired) electrons. The van der Waals surface area contributed by atoms with Crippen molar-refractivity contribution < 1.29 is 0 Å². The molecule has 1 saturated heterocycles. The van der Waals surface area contributed by atoms with Gasteiger partial charge in [0.2, 0.25) is 0 Å². The second-order valence-corrected chi connectivity index (χ2v) is 4.01. The van der Waals surface area contributed by atoms with Crippen molar-refractivity contribution in [3.8, 4) is 0 Å². The van der Waals surface area contributed by atoms with Crippen molar-refractivity contribution in [2.45, 2.75) is 12.3 Å². The molecule has 0 aliphatic carbocycles. The van der Waals surface area contributed by atoms with Crippen molar-refractivity contribution in [3.05, 3.63) is 36.0 Å². The lowest BCUT2D eigenvalue weighted by Crippen LogP contribution is -2.07. The molecule has 1 unspecified atom stereocenters. The number of nitrogens with one attached hydrogen (secondary N) is 2. The van der Waals surface area contributed by atoms with Gasteiger partial charge in [-0.2, -0.15) is 0 Å².